The van der Waals surface area contributed by atoms with Crippen LogP contribution in [0.1, 0.15) is 5.69 Å². The molecule has 3 heterocycles. The lowest BCUT2D eigenvalue weighted by Gasteiger charge is -2.04. The fourth-order valence-corrected chi connectivity index (χ4v) is 2.76. The molecule has 3 rings (SSSR count). The molecule has 0 bridgehead atoms. The Bertz CT molecular complexity index is 829. The van der Waals surface area contributed by atoms with Gasteiger partial charge in [-0.3, -0.25) is 9.20 Å². The van der Waals surface area contributed by atoms with E-state index in [4.69, 9.17) is 0 Å². The van der Waals surface area contributed by atoms with Crippen LogP contribution in [0.25, 0.3) is 5.65 Å². The summed E-state index contributed by atoms with van der Waals surface area (Å²) in [6.45, 7) is 0. The molecule has 0 aliphatic rings. The predicted octanol–water partition coefficient (Wildman–Crippen LogP) is 1.27. The molecule has 0 atom stereocenters. The van der Waals surface area contributed by atoms with E-state index in [2.05, 4.69) is 36.4 Å². The molecule has 0 saturated heterocycles. The minimum atomic E-state index is -0.108. The van der Waals surface area contributed by atoms with Crippen molar-refractivity contribution in [2.24, 2.45) is 7.05 Å². The highest BCUT2D eigenvalue weighted by atomic mass is 79.9. The maximum atomic E-state index is 12.0. The lowest BCUT2D eigenvalue weighted by molar-refractivity contribution is 0.664. The van der Waals surface area contributed by atoms with Crippen LogP contribution in [0.2, 0.25) is 0 Å². The highest BCUT2D eigenvalue weighted by Crippen LogP contribution is 2.18. The third-order valence-electron chi connectivity index (χ3n) is 2.61. The molecule has 0 saturated carbocycles. The first-order valence-electron chi connectivity index (χ1n) is 5.66. The van der Waals surface area contributed by atoms with E-state index in [1.54, 1.807) is 24.0 Å². The number of pyridine rings is 1. The zero-order valence-corrected chi connectivity index (χ0v) is 12.8. The predicted molar refractivity (Wildman–Crippen MR) is 77.5 cm³/mol. The van der Waals surface area contributed by atoms with Gasteiger partial charge in [-0.05, 0) is 38.5 Å². The highest BCUT2D eigenvalue weighted by Gasteiger charge is 2.07. The van der Waals surface area contributed by atoms with Gasteiger partial charge in [0, 0.05) is 29.5 Å². The van der Waals surface area contributed by atoms with Gasteiger partial charge in [0.15, 0.2) is 0 Å². The summed E-state index contributed by atoms with van der Waals surface area (Å²) in [5, 5.41) is 11.9. The summed E-state index contributed by atoms with van der Waals surface area (Å²) in [6.07, 6.45) is 1.70. The minimum Gasteiger partial charge on any atom is -0.269 e. The molecule has 0 aliphatic carbocycles. The zero-order chi connectivity index (χ0) is 14.1. The van der Waals surface area contributed by atoms with Crippen LogP contribution in [0.15, 0.2) is 38.8 Å². The second-order valence-corrected chi connectivity index (χ2v) is 5.89. The molecule has 0 amide bonds. The van der Waals surface area contributed by atoms with Crippen molar-refractivity contribution in [3.05, 3.63) is 44.9 Å². The number of rotatable bonds is 3. The van der Waals surface area contributed by atoms with Crippen LogP contribution in [-0.2, 0) is 12.8 Å². The van der Waals surface area contributed by atoms with E-state index in [1.807, 2.05) is 6.07 Å². The van der Waals surface area contributed by atoms with Crippen molar-refractivity contribution in [1.82, 2.24) is 29.6 Å². The van der Waals surface area contributed by atoms with E-state index in [0.29, 0.717) is 22.3 Å². The van der Waals surface area contributed by atoms with Crippen LogP contribution >= 0.6 is 27.7 Å². The van der Waals surface area contributed by atoms with Crippen LogP contribution in [0.3, 0.4) is 0 Å². The maximum Gasteiger partial charge on any atom is 0.258 e. The first-order chi connectivity index (χ1) is 9.63. The Balaban J connectivity index is 1.91. The Morgan fingerprint density at radius 3 is 3.00 bits per heavy atom. The van der Waals surface area contributed by atoms with Gasteiger partial charge in [-0.15, -0.1) is 5.10 Å². The van der Waals surface area contributed by atoms with Gasteiger partial charge < -0.3 is 0 Å². The van der Waals surface area contributed by atoms with Crippen molar-refractivity contribution in [2.75, 3.05) is 0 Å². The number of aromatic nitrogens is 6. The highest BCUT2D eigenvalue weighted by molar-refractivity contribution is 9.10. The van der Waals surface area contributed by atoms with Crippen molar-refractivity contribution >= 4 is 33.3 Å². The summed E-state index contributed by atoms with van der Waals surface area (Å²) in [5.41, 5.74) is 1.21. The summed E-state index contributed by atoms with van der Waals surface area (Å²) in [6, 6.07) is 5.17. The van der Waals surface area contributed by atoms with Gasteiger partial charge in [0.2, 0.25) is 5.16 Å². The van der Waals surface area contributed by atoms with E-state index < -0.39 is 0 Å². The minimum absolute atomic E-state index is 0.108. The largest absolute Gasteiger partial charge is 0.269 e. The number of hydrogen-bond donors (Lipinski definition) is 0. The summed E-state index contributed by atoms with van der Waals surface area (Å²) in [5.74, 6) is 0.538. The van der Waals surface area contributed by atoms with Crippen molar-refractivity contribution < 1.29 is 0 Å². The van der Waals surface area contributed by atoms with Crippen LogP contribution < -0.4 is 5.56 Å². The smallest absolute Gasteiger partial charge is 0.258 e. The second-order valence-electron chi connectivity index (χ2n) is 4.03. The summed E-state index contributed by atoms with van der Waals surface area (Å²) in [7, 11) is 1.77. The number of fused-ring (bicyclic) bond motifs is 1. The molecule has 0 radical (unpaired) electrons. The number of tetrazole rings is 1. The first-order valence-corrected chi connectivity index (χ1v) is 7.44. The summed E-state index contributed by atoms with van der Waals surface area (Å²) in [4.78, 5) is 16.5. The topological polar surface area (TPSA) is 78.0 Å². The Hall–Kier alpha value is -1.74. The van der Waals surface area contributed by atoms with Gasteiger partial charge in [-0.25, -0.2) is 9.67 Å². The fourth-order valence-electron chi connectivity index (χ4n) is 1.68. The number of aryl methyl sites for hydroxylation is 1. The van der Waals surface area contributed by atoms with Crippen LogP contribution in [0, 0.1) is 0 Å². The molecule has 0 fully saturated rings. The van der Waals surface area contributed by atoms with E-state index >= 15 is 0 Å². The number of halogens is 1. The Kier molecular flexibility index (Phi) is 3.53. The van der Waals surface area contributed by atoms with Crippen molar-refractivity contribution in [3.63, 3.8) is 0 Å². The Labute approximate surface area is 126 Å². The number of thioether (sulfide) groups is 1. The van der Waals surface area contributed by atoms with E-state index in [0.717, 1.165) is 4.47 Å². The van der Waals surface area contributed by atoms with E-state index in [-0.39, 0.29) is 5.56 Å². The zero-order valence-electron chi connectivity index (χ0n) is 10.4. The molecule has 9 heteroatoms. The lowest BCUT2D eigenvalue weighted by Crippen LogP contribution is -2.15. The van der Waals surface area contributed by atoms with Gasteiger partial charge in [-0.1, -0.05) is 11.8 Å². The molecule has 3 aromatic rings. The quantitative estimate of drug-likeness (QED) is 0.660. The average Bonchev–Trinajstić information content (AvgIpc) is 2.83. The molecule has 0 unspecified atom stereocenters. The SMILES string of the molecule is Cn1nnnc1SCc1cc(=O)n2cc(Br)ccc2n1. The van der Waals surface area contributed by atoms with Gasteiger partial charge in [0.25, 0.3) is 5.56 Å². The first kappa shape index (κ1) is 13.3. The second kappa shape index (κ2) is 5.33. The van der Waals surface area contributed by atoms with Gasteiger partial charge in [0.05, 0.1) is 5.69 Å². The monoisotopic (exact) mass is 352 g/mol. The third kappa shape index (κ3) is 2.59. The van der Waals surface area contributed by atoms with Gasteiger partial charge in [-0.2, -0.15) is 0 Å². The molecule has 20 heavy (non-hydrogen) atoms. The molecular weight excluding hydrogens is 344 g/mol. The van der Waals surface area contributed by atoms with Crippen molar-refractivity contribution in [2.45, 2.75) is 10.9 Å². The average molecular weight is 353 g/mol. The van der Waals surface area contributed by atoms with Crippen LogP contribution in [0.5, 0.6) is 0 Å². The van der Waals surface area contributed by atoms with Gasteiger partial charge in [0.1, 0.15) is 5.65 Å². The third-order valence-corrected chi connectivity index (χ3v) is 4.12. The normalized spacial score (nSPS) is 11.1. The Morgan fingerprint density at radius 1 is 1.40 bits per heavy atom. The van der Waals surface area contributed by atoms with Crippen LogP contribution in [-0.4, -0.2) is 29.6 Å². The van der Waals surface area contributed by atoms with E-state index in [9.17, 15) is 4.79 Å². The molecular formula is C11H9BrN6OS. The van der Waals surface area contributed by atoms with E-state index in [1.165, 1.54) is 22.2 Å². The van der Waals surface area contributed by atoms with Gasteiger partial charge >= 0.3 is 0 Å². The standard InChI is InChI=1S/C11H9BrN6OS/c1-17-11(14-15-16-17)20-6-8-4-10(19)18-5-7(12)2-3-9(18)13-8/h2-5H,6H2,1H3. The number of nitrogens with zero attached hydrogens (tertiary/aromatic N) is 6. The molecule has 7 nitrogen and oxygen atoms in total. The van der Waals surface area contributed by atoms with Crippen LogP contribution in [0.4, 0.5) is 0 Å². The Morgan fingerprint density at radius 2 is 2.25 bits per heavy atom. The lowest BCUT2D eigenvalue weighted by atomic mass is 10.4. The molecule has 102 valence electrons. The summed E-state index contributed by atoms with van der Waals surface area (Å²) < 4.78 is 3.92. The number of hydrogen-bond acceptors (Lipinski definition) is 6. The maximum absolute atomic E-state index is 12.0. The van der Waals surface area contributed by atoms with Crippen molar-refractivity contribution in [1.29, 1.82) is 0 Å². The summed E-state index contributed by atoms with van der Waals surface area (Å²) >= 11 is 4.77. The molecule has 0 N–H and O–H groups in total. The molecule has 0 spiro atoms. The van der Waals surface area contributed by atoms with Crippen molar-refractivity contribution in [3.8, 4) is 0 Å². The fraction of sp³-hybridized carbons (Fsp3) is 0.182. The molecule has 0 aromatic carbocycles. The molecule has 3 aromatic heterocycles. The molecule has 0 aliphatic heterocycles.